The standard InChI is InChI=1S/C33H32O10/c1-8-42-28-24(32(36)40-6)15-20-13-18(30(34)38-4)9-11-22(20)26(28)27-23-12-10-19(31(35)39-5)14-21(23)16-25(33(37)41-7)29(27)43-17(2)3/h9-17H,8H2,1-7H3. The molecule has 0 amide bonds. The number of carbonyl (C=O) groups excluding carboxylic acids is 4. The Kier molecular flexibility index (Phi) is 9.18. The average Bonchev–Trinajstić information content (AvgIpc) is 3.02. The molecular weight excluding hydrogens is 556 g/mol. The summed E-state index contributed by atoms with van der Waals surface area (Å²) in [5, 5.41) is 2.16. The van der Waals surface area contributed by atoms with Crippen LogP contribution in [0.3, 0.4) is 0 Å². The van der Waals surface area contributed by atoms with E-state index < -0.39 is 23.9 Å². The third kappa shape index (κ3) is 5.81. The topological polar surface area (TPSA) is 124 Å². The van der Waals surface area contributed by atoms with Gasteiger partial charge in [-0.3, -0.25) is 0 Å². The molecule has 0 aliphatic carbocycles. The normalized spacial score (nSPS) is 10.9. The number of esters is 4. The Morgan fingerprint density at radius 3 is 1.42 bits per heavy atom. The molecule has 4 rings (SSSR count). The first-order valence-corrected chi connectivity index (χ1v) is 13.4. The molecule has 10 heteroatoms. The summed E-state index contributed by atoms with van der Waals surface area (Å²) < 4.78 is 32.5. The number of benzene rings is 4. The summed E-state index contributed by atoms with van der Waals surface area (Å²) in [6.07, 6.45) is -0.384. The van der Waals surface area contributed by atoms with Gasteiger partial charge in [-0.05, 0) is 78.7 Å². The molecule has 0 atom stereocenters. The van der Waals surface area contributed by atoms with Crippen LogP contribution in [0.1, 0.15) is 62.2 Å². The molecule has 0 saturated heterocycles. The van der Waals surface area contributed by atoms with Crippen molar-refractivity contribution in [1.82, 2.24) is 0 Å². The molecule has 10 nitrogen and oxygen atoms in total. The summed E-state index contributed by atoms with van der Waals surface area (Å²) in [5.74, 6) is -2.11. The third-order valence-corrected chi connectivity index (χ3v) is 6.73. The van der Waals surface area contributed by atoms with Gasteiger partial charge in [0.15, 0.2) is 0 Å². The zero-order chi connectivity index (χ0) is 31.4. The van der Waals surface area contributed by atoms with Crippen LogP contribution in [-0.4, -0.2) is 65.0 Å². The molecule has 0 aliphatic heterocycles. The van der Waals surface area contributed by atoms with Gasteiger partial charge >= 0.3 is 23.9 Å². The van der Waals surface area contributed by atoms with Crippen molar-refractivity contribution in [3.8, 4) is 22.6 Å². The Labute approximate surface area is 248 Å². The molecule has 0 aromatic heterocycles. The van der Waals surface area contributed by atoms with Crippen molar-refractivity contribution in [2.24, 2.45) is 0 Å². The molecule has 0 N–H and O–H groups in total. The minimum Gasteiger partial charge on any atom is -0.492 e. The fourth-order valence-corrected chi connectivity index (χ4v) is 4.94. The third-order valence-electron chi connectivity index (χ3n) is 6.73. The van der Waals surface area contributed by atoms with E-state index in [4.69, 9.17) is 28.4 Å². The Morgan fingerprint density at radius 2 is 1.02 bits per heavy atom. The van der Waals surface area contributed by atoms with E-state index in [-0.39, 0.29) is 46.5 Å². The van der Waals surface area contributed by atoms with Crippen molar-refractivity contribution in [3.63, 3.8) is 0 Å². The van der Waals surface area contributed by atoms with Crippen molar-refractivity contribution in [2.45, 2.75) is 26.9 Å². The summed E-state index contributed by atoms with van der Waals surface area (Å²) in [7, 11) is 5.06. The van der Waals surface area contributed by atoms with E-state index in [1.807, 2.05) is 13.8 Å². The van der Waals surface area contributed by atoms with Gasteiger partial charge in [-0.25, -0.2) is 19.2 Å². The van der Waals surface area contributed by atoms with Crippen molar-refractivity contribution < 1.29 is 47.6 Å². The largest absolute Gasteiger partial charge is 0.492 e. The Balaban J connectivity index is 2.32. The highest BCUT2D eigenvalue weighted by molar-refractivity contribution is 6.17. The maximum Gasteiger partial charge on any atom is 0.341 e. The first-order chi connectivity index (χ1) is 20.6. The molecule has 0 unspecified atom stereocenters. The number of hydrogen-bond donors (Lipinski definition) is 0. The van der Waals surface area contributed by atoms with Gasteiger partial charge in [-0.2, -0.15) is 0 Å². The van der Waals surface area contributed by atoms with Crippen LogP contribution in [0, 0.1) is 0 Å². The monoisotopic (exact) mass is 588 g/mol. The minimum absolute atomic E-state index is 0.0889. The zero-order valence-electron chi connectivity index (χ0n) is 25.0. The molecular formula is C33H32O10. The smallest absolute Gasteiger partial charge is 0.341 e. The van der Waals surface area contributed by atoms with E-state index in [9.17, 15) is 19.2 Å². The molecule has 0 saturated carbocycles. The highest BCUT2D eigenvalue weighted by atomic mass is 16.5. The van der Waals surface area contributed by atoms with E-state index in [1.54, 1.807) is 55.5 Å². The molecule has 0 radical (unpaired) electrons. The number of ether oxygens (including phenoxy) is 6. The fourth-order valence-electron chi connectivity index (χ4n) is 4.94. The van der Waals surface area contributed by atoms with Crippen LogP contribution >= 0.6 is 0 Å². The quantitative estimate of drug-likeness (QED) is 0.170. The number of carbonyl (C=O) groups is 4. The van der Waals surface area contributed by atoms with E-state index in [1.165, 1.54) is 28.4 Å². The molecule has 0 heterocycles. The summed E-state index contributed by atoms with van der Waals surface area (Å²) in [4.78, 5) is 51.2. The summed E-state index contributed by atoms with van der Waals surface area (Å²) in [6, 6.07) is 12.9. The Bertz CT molecular complexity index is 1750. The molecule has 4 aromatic carbocycles. The van der Waals surface area contributed by atoms with Crippen LogP contribution in [0.4, 0.5) is 0 Å². The predicted octanol–water partition coefficient (Wildman–Crippen LogP) is 5.99. The van der Waals surface area contributed by atoms with Gasteiger partial charge in [0.2, 0.25) is 0 Å². The average molecular weight is 589 g/mol. The first-order valence-electron chi connectivity index (χ1n) is 13.4. The molecule has 0 fully saturated rings. The lowest BCUT2D eigenvalue weighted by molar-refractivity contribution is 0.0585. The first kappa shape index (κ1) is 30.8. The van der Waals surface area contributed by atoms with E-state index in [0.717, 1.165) is 0 Å². The number of methoxy groups -OCH3 is 4. The van der Waals surface area contributed by atoms with Crippen molar-refractivity contribution in [3.05, 3.63) is 70.8 Å². The summed E-state index contributed by atoms with van der Waals surface area (Å²) in [6.45, 7) is 5.58. The minimum atomic E-state index is -0.679. The SMILES string of the molecule is CCOc1c(C(=O)OC)cc2cc(C(=O)OC)ccc2c1-c1c(OC(C)C)c(C(=O)OC)cc2cc(C(=O)OC)ccc12. The molecule has 0 bridgehead atoms. The number of rotatable bonds is 9. The van der Waals surface area contributed by atoms with Gasteiger partial charge in [-0.15, -0.1) is 0 Å². The number of fused-ring (bicyclic) bond motifs is 2. The second-order valence-corrected chi connectivity index (χ2v) is 9.69. The highest BCUT2D eigenvalue weighted by Crippen LogP contribution is 2.49. The lowest BCUT2D eigenvalue weighted by atomic mass is 9.87. The maximum absolute atomic E-state index is 13.2. The maximum atomic E-state index is 13.2. The lowest BCUT2D eigenvalue weighted by Crippen LogP contribution is -2.14. The van der Waals surface area contributed by atoms with Crippen LogP contribution in [0.25, 0.3) is 32.7 Å². The van der Waals surface area contributed by atoms with Crippen LogP contribution in [0.2, 0.25) is 0 Å². The van der Waals surface area contributed by atoms with Gasteiger partial charge in [0.1, 0.15) is 22.6 Å². The summed E-state index contributed by atoms with van der Waals surface area (Å²) in [5.41, 5.74) is 1.52. The zero-order valence-corrected chi connectivity index (χ0v) is 25.0. The molecule has 0 spiro atoms. The number of hydrogen-bond acceptors (Lipinski definition) is 10. The Hall–Kier alpha value is -5.12. The van der Waals surface area contributed by atoms with Gasteiger partial charge < -0.3 is 28.4 Å². The van der Waals surface area contributed by atoms with Gasteiger partial charge in [0.25, 0.3) is 0 Å². The van der Waals surface area contributed by atoms with Crippen molar-refractivity contribution in [1.29, 1.82) is 0 Å². The second kappa shape index (κ2) is 12.8. The van der Waals surface area contributed by atoms with Gasteiger partial charge in [0.05, 0.1) is 52.3 Å². The Morgan fingerprint density at radius 1 is 0.605 bits per heavy atom. The van der Waals surface area contributed by atoms with Gasteiger partial charge in [-0.1, -0.05) is 12.1 Å². The van der Waals surface area contributed by atoms with Crippen LogP contribution in [-0.2, 0) is 18.9 Å². The molecule has 4 aromatic rings. The fraction of sp³-hybridized carbons (Fsp3) is 0.273. The van der Waals surface area contributed by atoms with Crippen LogP contribution in [0.15, 0.2) is 48.5 Å². The van der Waals surface area contributed by atoms with Crippen molar-refractivity contribution >= 4 is 45.4 Å². The summed E-state index contributed by atoms with van der Waals surface area (Å²) >= 11 is 0. The predicted molar refractivity (Wildman–Crippen MR) is 159 cm³/mol. The highest BCUT2D eigenvalue weighted by Gasteiger charge is 2.30. The van der Waals surface area contributed by atoms with E-state index >= 15 is 0 Å². The lowest BCUT2D eigenvalue weighted by Gasteiger charge is -2.24. The van der Waals surface area contributed by atoms with Crippen molar-refractivity contribution in [2.75, 3.05) is 35.0 Å². The van der Waals surface area contributed by atoms with E-state index in [0.29, 0.717) is 32.7 Å². The van der Waals surface area contributed by atoms with Gasteiger partial charge in [0, 0.05) is 11.1 Å². The second-order valence-electron chi connectivity index (χ2n) is 9.69. The molecule has 224 valence electrons. The van der Waals surface area contributed by atoms with Crippen LogP contribution < -0.4 is 9.47 Å². The van der Waals surface area contributed by atoms with E-state index in [2.05, 4.69) is 0 Å². The molecule has 43 heavy (non-hydrogen) atoms. The van der Waals surface area contributed by atoms with Crippen LogP contribution in [0.5, 0.6) is 11.5 Å². The molecule has 0 aliphatic rings.